The standard InChI is InChI=1S/C19H31NO/c1-5-14-20-18(19(3,6-2)21-4)17-13-8-7-12-16(17)15-10-9-11-15/h7-8,12-13,15,18,20H,5-6,9-11,14H2,1-4H3. The number of ether oxygens (including phenoxy) is 1. The van der Waals surface area contributed by atoms with Crippen molar-refractivity contribution in [1.29, 1.82) is 0 Å². The lowest BCUT2D eigenvalue weighted by Crippen LogP contribution is -2.43. The molecule has 0 radical (unpaired) electrons. The highest BCUT2D eigenvalue weighted by atomic mass is 16.5. The van der Waals surface area contributed by atoms with Crippen LogP contribution in [0.15, 0.2) is 24.3 Å². The molecule has 1 aromatic rings. The zero-order valence-corrected chi connectivity index (χ0v) is 14.1. The van der Waals surface area contributed by atoms with Crippen molar-refractivity contribution in [3.05, 3.63) is 35.4 Å². The molecule has 2 atom stereocenters. The SMILES string of the molecule is CCCNC(c1ccccc1C1CCC1)C(C)(CC)OC. The first-order valence-electron chi connectivity index (χ1n) is 8.53. The number of benzene rings is 1. The molecule has 21 heavy (non-hydrogen) atoms. The lowest BCUT2D eigenvalue weighted by atomic mass is 9.75. The summed E-state index contributed by atoms with van der Waals surface area (Å²) in [6.07, 6.45) is 6.21. The van der Waals surface area contributed by atoms with Gasteiger partial charge in [0.1, 0.15) is 0 Å². The van der Waals surface area contributed by atoms with Gasteiger partial charge in [-0.2, -0.15) is 0 Å². The monoisotopic (exact) mass is 289 g/mol. The van der Waals surface area contributed by atoms with E-state index >= 15 is 0 Å². The maximum absolute atomic E-state index is 5.92. The van der Waals surface area contributed by atoms with Gasteiger partial charge in [-0.05, 0) is 56.2 Å². The van der Waals surface area contributed by atoms with E-state index < -0.39 is 0 Å². The van der Waals surface area contributed by atoms with Crippen molar-refractivity contribution >= 4 is 0 Å². The number of hydrogen-bond acceptors (Lipinski definition) is 2. The maximum atomic E-state index is 5.92. The molecule has 1 fully saturated rings. The molecular weight excluding hydrogens is 258 g/mol. The zero-order valence-electron chi connectivity index (χ0n) is 14.1. The molecular formula is C19H31NO. The van der Waals surface area contributed by atoms with Gasteiger partial charge in [-0.15, -0.1) is 0 Å². The Balaban J connectivity index is 2.35. The molecule has 0 aromatic heterocycles. The van der Waals surface area contributed by atoms with Crippen LogP contribution in [0.4, 0.5) is 0 Å². The molecule has 0 bridgehead atoms. The topological polar surface area (TPSA) is 21.3 Å². The Bertz CT molecular complexity index is 435. The molecule has 0 aliphatic heterocycles. The molecule has 2 rings (SSSR count). The van der Waals surface area contributed by atoms with Crippen LogP contribution >= 0.6 is 0 Å². The predicted molar refractivity (Wildman–Crippen MR) is 89.8 cm³/mol. The minimum atomic E-state index is -0.158. The molecule has 2 nitrogen and oxygen atoms in total. The summed E-state index contributed by atoms with van der Waals surface area (Å²) in [6, 6.07) is 9.25. The van der Waals surface area contributed by atoms with Crippen LogP contribution in [0.1, 0.15) is 76.0 Å². The van der Waals surface area contributed by atoms with E-state index in [1.807, 2.05) is 7.11 Å². The highest BCUT2D eigenvalue weighted by Crippen LogP contribution is 2.42. The van der Waals surface area contributed by atoms with E-state index in [-0.39, 0.29) is 11.6 Å². The van der Waals surface area contributed by atoms with E-state index in [2.05, 4.69) is 50.4 Å². The third-order valence-corrected chi connectivity index (χ3v) is 5.23. The summed E-state index contributed by atoms with van der Waals surface area (Å²) in [4.78, 5) is 0. The Morgan fingerprint density at radius 1 is 1.29 bits per heavy atom. The lowest BCUT2D eigenvalue weighted by molar-refractivity contribution is -0.0303. The Morgan fingerprint density at radius 2 is 2.00 bits per heavy atom. The van der Waals surface area contributed by atoms with Crippen molar-refractivity contribution in [2.24, 2.45) is 0 Å². The average molecular weight is 289 g/mol. The molecule has 1 aromatic carbocycles. The fourth-order valence-electron chi connectivity index (χ4n) is 3.27. The third-order valence-electron chi connectivity index (χ3n) is 5.23. The van der Waals surface area contributed by atoms with Gasteiger partial charge in [0.15, 0.2) is 0 Å². The first-order valence-corrected chi connectivity index (χ1v) is 8.53. The fourth-order valence-corrected chi connectivity index (χ4v) is 3.27. The maximum Gasteiger partial charge on any atom is 0.0842 e. The summed E-state index contributed by atoms with van der Waals surface area (Å²) in [6.45, 7) is 7.70. The van der Waals surface area contributed by atoms with E-state index in [0.29, 0.717) is 0 Å². The van der Waals surface area contributed by atoms with E-state index in [1.54, 1.807) is 0 Å². The predicted octanol–water partition coefficient (Wildman–Crippen LogP) is 4.81. The quantitative estimate of drug-likeness (QED) is 0.741. The summed E-state index contributed by atoms with van der Waals surface area (Å²) in [5, 5.41) is 3.75. The normalized spacial score (nSPS) is 19.8. The third kappa shape index (κ3) is 3.49. The summed E-state index contributed by atoms with van der Waals surface area (Å²) in [5.74, 6) is 0.755. The van der Waals surface area contributed by atoms with Gasteiger partial charge < -0.3 is 10.1 Å². The van der Waals surface area contributed by atoms with Gasteiger partial charge in [-0.3, -0.25) is 0 Å². The number of rotatable bonds is 8. The second-order valence-corrected chi connectivity index (χ2v) is 6.51. The molecule has 1 N–H and O–H groups in total. The van der Waals surface area contributed by atoms with Gasteiger partial charge in [0.05, 0.1) is 11.6 Å². The van der Waals surface area contributed by atoms with Gasteiger partial charge >= 0.3 is 0 Å². The molecule has 0 heterocycles. The molecule has 118 valence electrons. The molecule has 2 heteroatoms. The summed E-state index contributed by atoms with van der Waals surface area (Å²) in [7, 11) is 1.84. The number of hydrogen-bond donors (Lipinski definition) is 1. The minimum absolute atomic E-state index is 0.158. The van der Waals surface area contributed by atoms with Crippen LogP contribution in [0.3, 0.4) is 0 Å². The summed E-state index contributed by atoms with van der Waals surface area (Å²) in [5.41, 5.74) is 2.82. The first kappa shape index (κ1) is 16.5. The number of nitrogens with one attached hydrogen (secondary N) is 1. The van der Waals surface area contributed by atoms with Crippen molar-refractivity contribution in [2.45, 2.75) is 70.4 Å². The van der Waals surface area contributed by atoms with Crippen molar-refractivity contribution in [3.63, 3.8) is 0 Å². The van der Waals surface area contributed by atoms with Crippen LogP contribution in [-0.4, -0.2) is 19.3 Å². The van der Waals surface area contributed by atoms with Crippen LogP contribution in [-0.2, 0) is 4.74 Å². The van der Waals surface area contributed by atoms with E-state index in [0.717, 1.165) is 25.3 Å². The second kappa shape index (κ2) is 7.42. The highest BCUT2D eigenvalue weighted by Gasteiger charge is 2.36. The molecule has 0 saturated heterocycles. The van der Waals surface area contributed by atoms with E-state index in [4.69, 9.17) is 4.74 Å². The van der Waals surface area contributed by atoms with Gasteiger partial charge in [0, 0.05) is 7.11 Å². The van der Waals surface area contributed by atoms with Gasteiger partial charge in [0.25, 0.3) is 0 Å². The Morgan fingerprint density at radius 3 is 2.52 bits per heavy atom. The largest absolute Gasteiger partial charge is 0.377 e. The minimum Gasteiger partial charge on any atom is -0.377 e. The van der Waals surface area contributed by atoms with Crippen LogP contribution in [0, 0.1) is 0 Å². The van der Waals surface area contributed by atoms with Crippen molar-refractivity contribution < 1.29 is 4.74 Å². The molecule has 0 spiro atoms. The molecule has 1 aliphatic carbocycles. The zero-order chi connectivity index (χ0) is 15.3. The summed E-state index contributed by atoms with van der Waals surface area (Å²) < 4.78 is 5.92. The van der Waals surface area contributed by atoms with Crippen molar-refractivity contribution in [1.82, 2.24) is 5.32 Å². The fraction of sp³-hybridized carbons (Fsp3) is 0.684. The smallest absolute Gasteiger partial charge is 0.0842 e. The number of methoxy groups -OCH3 is 1. The Hall–Kier alpha value is -0.860. The van der Waals surface area contributed by atoms with Crippen LogP contribution in [0.25, 0.3) is 0 Å². The van der Waals surface area contributed by atoms with Gasteiger partial charge in [0.2, 0.25) is 0 Å². The molecule has 2 unspecified atom stereocenters. The van der Waals surface area contributed by atoms with Gasteiger partial charge in [-0.1, -0.05) is 44.5 Å². The highest BCUT2D eigenvalue weighted by molar-refractivity contribution is 5.36. The van der Waals surface area contributed by atoms with E-state index in [1.165, 1.54) is 30.4 Å². The molecule has 1 saturated carbocycles. The average Bonchev–Trinajstić information content (AvgIpc) is 2.47. The van der Waals surface area contributed by atoms with Crippen LogP contribution < -0.4 is 5.32 Å². The van der Waals surface area contributed by atoms with Crippen LogP contribution in [0.2, 0.25) is 0 Å². The Labute approximate surface area is 130 Å². The Kier molecular flexibility index (Phi) is 5.83. The van der Waals surface area contributed by atoms with Crippen molar-refractivity contribution in [3.8, 4) is 0 Å². The molecule has 1 aliphatic rings. The summed E-state index contributed by atoms with van der Waals surface area (Å²) >= 11 is 0. The van der Waals surface area contributed by atoms with Crippen LogP contribution in [0.5, 0.6) is 0 Å². The van der Waals surface area contributed by atoms with Gasteiger partial charge in [-0.25, -0.2) is 0 Å². The van der Waals surface area contributed by atoms with E-state index in [9.17, 15) is 0 Å². The molecule has 0 amide bonds. The first-order chi connectivity index (χ1) is 10.2. The second-order valence-electron chi connectivity index (χ2n) is 6.51. The van der Waals surface area contributed by atoms with Crippen molar-refractivity contribution in [2.75, 3.05) is 13.7 Å². The lowest BCUT2D eigenvalue weighted by Gasteiger charge is -2.39.